The van der Waals surface area contributed by atoms with Gasteiger partial charge in [-0.25, -0.2) is 5.73 Å². The normalized spacial score (nSPS) is 12.7. The SMILES string of the molecule is CCCCOC(=O)C(C)[NH]. The minimum Gasteiger partial charge on any atom is -0.464 e. The number of esters is 1. The molecule has 0 saturated carbocycles. The molecule has 59 valence electrons. The van der Waals surface area contributed by atoms with E-state index >= 15 is 0 Å². The fourth-order valence-electron chi connectivity index (χ4n) is 0.442. The van der Waals surface area contributed by atoms with Crippen LogP contribution in [0.4, 0.5) is 0 Å². The van der Waals surface area contributed by atoms with E-state index in [4.69, 9.17) is 10.5 Å². The van der Waals surface area contributed by atoms with Crippen molar-refractivity contribution in [2.45, 2.75) is 32.7 Å². The van der Waals surface area contributed by atoms with Crippen LogP contribution in [0.3, 0.4) is 0 Å². The number of hydrogen-bond acceptors (Lipinski definition) is 2. The molecule has 0 aromatic carbocycles. The molecule has 0 bridgehead atoms. The Morgan fingerprint density at radius 1 is 1.70 bits per heavy atom. The number of carbonyl (C=O) groups is 1. The van der Waals surface area contributed by atoms with E-state index in [9.17, 15) is 4.79 Å². The van der Waals surface area contributed by atoms with Crippen LogP contribution in [0.25, 0.3) is 0 Å². The Morgan fingerprint density at radius 3 is 2.70 bits per heavy atom. The van der Waals surface area contributed by atoms with Crippen LogP contribution in [-0.4, -0.2) is 18.6 Å². The van der Waals surface area contributed by atoms with Crippen molar-refractivity contribution in [2.24, 2.45) is 0 Å². The van der Waals surface area contributed by atoms with Crippen LogP contribution >= 0.6 is 0 Å². The van der Waals surface area contributed by atoms with Crippen molar-refractivity contribution < 1.29 is 9.53 Å². The summed E-state index contributed by atoms with van der Waals surface area (Å²) < 4.78 is 4.72. The molecule has 1 unspecified atom stereocenters. The standard InChI is InChI=1S/C7H14NO2/c1-3-4-5-10-7(9)6(2)8/h6,8H,3-5H2,1-2H3. The van der Waals surface area contributed by atoms with Crippen molar-refractivity contribution >= 4 is 5.97 Å². The summed E-state index contributed by atoms with van der Waals surface area (Å²) in [6.45, 7) is 3.99. The maximum Gasteiger partial charge on any atom is 0.324 e. The van der Waals surface area contributed by atoms with Crippen molar-refractivity contribution in [1.29, 1.82) is 0 Å². The molecule has 1 atom stereocenters. The van der Waals surface area contributed by atoms with Gasteiger partial charge in [0.25, 0.3) is 0 Å². The zero-order valence-corrected chi connectivity index (χ0v) is 6.52. The largest absolute Gasteiger partial charge is 0.464 e. The lowest BCUT2D eigenvalue weighted by Crippen LogP contribution is -2.21. The first-order valence-electron chi connectivity index (χ1n) is 3.56. The highest BCUT2D eigenvalue weighted by molar-refractivity contribution is 5.74. The molecule has 0 amide bonds. The van der Waals surface area contributed by atoms with Gasteiger partial charge in [0, 0.05) is 0 Å². The highest BCUT2D eigenvalue weighted by Crippen LogP contribution is 1.90. The highest BCUT2D eigenvalue weighted by atomic mass is 16.5. The smallest absolute Gasteiger partial charge is 0.324 e. The fourth-order valence-corrected chi connectivity index (χ4v) is 0.442. The summed E-state index contributed by atoms with van der Waals surface area (Å²) in [5.41, 5.74) is 6.94. The van der Waals surface area contributed by atoms with Crippen molar-refractivity contribution in [3.63, 3.8) is 0 Å². The molecule has 0 heterocycles. The molecule has 0 fully saturated rings. The Bertz CT molecular complexity index is 102. The topological polar surface area (TPSA) is 50.1 Å². The zero-order chi connectivity index (χ0) is 7.98. The van der Waals surface area contributed by atoms with Crippen LogP contribution in [0.1, 0.15) is 26.7 Å². The third-order valence-electron chi connectivity index (χ3n) is 1.10. The maximum absolute atomic E-state index is 10.6. The minimum absolute atomic E-state index is 0.423. The van der Waals surface area contributed by atoms with Crippen LogP contribution in [0.5, 0.6) is 0 Å². The van der Waals surface area contributed by atoms with Gasteiger partial charge in [-0.2, -0.15) is 0 Å². The number of carbonyl (C=O) groups excluding carboxylic acids is 1. The summed E-state index contributed by atoms with van der Waals surface area (Å²) in [5, 5.41) is 0. The van der Waals surface area contributed by atoms with Crippen molar-refractivity contribution in [3.05, 3.63) is 0 Å². The molecule has 0 aromatic rings. The molecule has 0 aromatic heterocycles. The first-order chi connectivity index (χ1) is 4.68. The Kier molecular flexibility index (Phi) is 4.94. The van der Waals surface area contributed by atoms with E-state index in [1.54, 1.807) is 0 Å². The second-order valence-electron chi connectivity index (χ2n) is 2.24. The van der Waals surface area contributed by atoms with Crippen LogP contribution in [0.2, 0.25) is 0 Å². The Labute approximate surface area is 61.5 Å². The number of unbranched alkanes of at least 4 members (excludes halogenated alkanes) is 1. The van der Waals surface area contributed by atoms with E-state index in [1.807, 2.05) is 6.92 Å². The van der Waals surface area contributed by atoms with Gasteiger partial charge in [-0.05, 0) is 13.3 Å². The molecule has 0 spiro atoms. The van der Waals surface area contributed by atoms with Gasteiger partial charge < -0.3 is 4.74 Å². The highest BCUT2D eigenvalue weighted by Gasteiger charge is 2.07. The van der Waals surface area contributed by atoms with Gasteiger partial charge in [0.05, 0.1) is 6.61 Å². The molecule has 3 nitrogen and oxygen atoms in total. The maximum atomic E-state index is 10.6. The van der Waals surface area contributed by atoms with Gasteiger partial charge in [-0.1, -0.05) is 13.3 Å². The summed E-state index contributed by atoms with van der Waals surface area (Å²) in [6.07, 6.45) is 1.90. The molecular formula is C7H14NO2. The van der Waals surface area contributed by atoms with E-state index in [-0.39, 0.29) is 0 Å². The Hall–Kier alpha value is -0.570. The summed E-state index contributed by atoms with van der Waals surface area (Å²) in [6, 6.07) is -0.739. The van der Waals surface area contributed by atoms with Gasteiger partial charge in [0.1, 0.15) is 6.04 Å². The molecule has 0 aliphatic heterocycles. The molecule has 3 heteroatoms. The second-order valence-corrected chi connectivity index (χ2v) is 2.24. The second kappa shape index (κ2) is 5.23. The van der Waals surface area contributed by atoms with Crippen molar-refractivity contribution in [3.8, 4) is 0 Å². The lowest BCUT2D eigenvalue weighted by atomic mass is 10.3. The van der Waals surface area contributed by atoms with Gasteiger partial charge in [0.2, 0.25) is 0 Å². The average Bonchev–Trinajstić information content (AvgIpc) is 1.88. The van der Waals surface area contributed by atoms with E-state index in [2.05, 4.69) is 0 Å². The molecule has 0 aliphatic carbocycles. The lowest BCUT2D eigenvalue weighted by Gasteiger charge is -2.04. The van der Waals surface area contributed by atoms with Crippen molar-refractivity contribution in [1.82, 2.24) is 5.73 Å². The molecule has 10 heavy (non-hydrogen) atoms. The monoisotopic (exact) mass is 144 g/mol. The van der Waals surface area contributed by atoms with Crippen LogP contribution in [-0.2, 0) is 9.53 Å². The number of rotatable bonds is 4. The summed E-state index contributed by atoms with van der Waals surface area (Å²) in [7, 11) is 0. The third kappa shape index (κ3) is 4.32. The average molecular weight is 144 g/mol. The third-order valence-corrected chi connectivity index (χ3v) is 1.10. The first kappa shape index (κ1) is 9.43. The first-order valence-corrected chi connectivity index (χ1v) is 3.56. The molecule has 1 N–H and O–H groups in total. The van der Waals surface area contributed by atoms with Crippen molar-refractivity contribution in [2.75, 3.05) is 6.61 Å². The van der Waals surface area contributed by atoms with Gasteiger partial charge in [-0.3, -0.25) is 4.79 Å². The molecule has 1 radical (unpaired) electrons. The molecular weight excluding hydrogens is 130 g/mol. The van der Waals surface area contributed by atoms with Gasteiger partial charge in [-0.15, -0.1) is 0 Å². The summed E-state index contributed by atoms with van der Waals surface area (Å²) >= 11 is 0. The van der Waals surface area contributed by atoms with Crippen LogP contribution in [0, 0.1) is 0 Å². The van der Waals surface area contributed by atoms with E-state index in [0.717, 1.165) is 12.8 Å². The van der Waals surface area contributed by atoms with Crippen LogP contribution < -0.4 is 5.73 Å². The number of hydrogen-bond donors (Lipinski definition) is 0. The lowest BCUT2D eigenvalue weighted by molar-refractivity contribution is -0.145. The molecule has 0 saturated heterocycles. The number of nitrogens with one attached hydrogen (secondary N) is 1. The summed E-state index contributed by atoms with van der Waals surface area (Å²) in [4.78, 5) is 10.6. The zero-order valence-electron chi connectivity index (χ0n) is 6.52. The Balaban J connectivity index is 3.22. The van der Waals surface area contributed by atoms with Crippen LogP contribution in [0.15, 0.2) is 0 Å². The minimum atomic E-state index is -0.739. The van der Waals surface area contributed by atoms with Gasteiger partial charge >= 0.3 is 5.97 Å². The van der Waals surface area contributed by atoms with E-state index in [1.165, 1.54) is 6.92 Å². The Morgan fingerprint density at radius 2 is 2.30 bits per heavy atom. The van der Waals surface area contributed by atoms with E-state index < -0.39 is 12.0 Å². The van der Waals surface area contributed by atoms with Gasteiger partial charge in [0.15, 0.2) is 0 Å². The summed E-state index contributed by atoms with van der Waals surface area (Å²) in [5.74, 6) is -0.423. The molecule has 0 rings (SSSR count). The predicted octanol–water partition coefficient (Wildman–Crippen LogP) is 1.00. The fraction of sp³-hybridized carbons (Fsp3) is 0.857. The van der Waals surface area contributed by atoms with E-state index in [0.29, 0.717) is 6.61 Å². The number of ether oxygens (including phenoxy) is 1. The molecule has 0 aliphatic rings. The quantitative estimate of drug-likeness (QED) is 0.436. The predicted molar refractivity (Wildman–Crippen MR) is 38.4 cm³/mol.